The average molecular weight is 203 g/mol. The second-order valence-electron chi connectivity index (χ2n) is 3.64. The fourth-order valence-electron chi connectivity index (χ4n) is 1.30. The summed E-state index contributed by atoms with van der Waals surface area (Å²) in [4.78, 5) is 13.1. The molecule has 0 spiro atoms. The van der Waals surface area contributed by atoms with E-state index in [2.05, 4.69) is 9.64 Å². The molecular weight excluding hydrogens is 182 g/mol. The van der Waals surface area contributed by atoms with Crippen LogP contribution < -0.4 is 0 Å². The van der Waals surface area contributed by atoms with Crippen LogP contribution in [0.25, 0.3) is 0 Å². The molecule has 0 aliphatic rings. The molecule has 0 unspecified atom stereocenters. The zero-order valence-corrected chi connectivity index (χ0v) is 9.58. The van der Waals surface area contributed by atoms with Crippen molar-refractivity contribution < 1.29 is 14.3 Å². The SMILES string of the molecule is COCCN(C)C[C@H](C)CC(=O)OC. The summed E-state index contributed by atoms with van der Waals surface area (Å²) in [5, 5.41) is 0. The van der Waals surface area contributed by atoms with Crippen molar-refractivity contribution in [1.82, 2.24) is 4.90 Å². The van der Waals surface area contributed by atoms with Gasteiger partial charge in [0.15, 0.2) is 0 Å². The molecule has 0 fully saturated rings. The van der Waals surface area contributed by atoms with E-state index in [0.29, 0.717) is 12.3 Å². The number of carbonyl (C=O) groups is 1. The van der Waals surface area contributed by atoms with Crippen LogP contribution in [0, 0.1) is 5.92 Å². The molecule has 4 heteroatoms. The maximum Gasteiger partial charge on any atom is 0.305 e. The van der Waals surface area contributed by atoms with Gasteiger partial charge in [-0.3, -0.25) is 4.79 Å². The molecular formula is C10H21NO3. The van der Waals surface area contributed by atoms with Crippen molar-refractivity contribution >= 4 is 5.97 Å². The summed E-state index contributed by atoms with van der Waals surface area (Å²) in [6.45, 7) is 4.54. The van der Waals surface area contributed by atoms with Gasteiger partial charge in [-0.25, -0.2) is 0 Å². The summed E-state index contributed by atoms with van der Waals surface area (Å²) in [6.07, 6.45) is 0.480. The van der Waals surface area contributed by atoms with Crippen LogP contribution in [0.5, 0.6) is 0 Å². The molecule has 0 aliphatic carbocycles. The van der Waals surface area contributed by atoms with Gasteiger partial charge in [0.1, 0.15) is 0 Å². The van der Waals surface area contributed by atoms with Crippen molar-refractivity contribution in [1.29, 1.82) is 0 Å². The Morgan fingerprint density at radius 3 is 2.57 bits per heavy atom. The Balaban J connectivity index is 3.59. The quantitative estimate of drug-likeness (QED) is 0.573. The van der Waals surface area contributed by atoms with Crippen molar-refractivity contribution in [3.05, 3.63) is 0 Å². The van der Waals surface area contributed by atoms with Crippen molar-refractivity contribution in [2.45, 2.75) is 13.3 Å². The molecule has 0 radical (unpaired) electrons. The molecule has 0 rings (SSSR count). The number of ether oxygens (including phenoxy) is 2. The van der Waals surface area contributed by atoms with Gasteiger partial charge in [-0.15, -0.1) is 0 Å². The van der Waals surface area contributed by atoms with E-state index in [0.717, 1.165) is 19.7 Å². The van der Waals surface area contributed by atoms with Crippen LogP contribution in [0.2, 0.25) is 0 Å². The highest BCUT2D eigenvalue weighted by atomic mass is 16.5. The number of likely N-dealkylation sites (N-methyl/N-ethyl adjacent to an activating group) is 1. The molecule has 4 nitrogen and oxygen atoms in total. The van der Waals surface area contributed by atoms with Crippen LogP contribution in [-0.2, 0) is 14.3 Å². The average Bonchev–Trinajstić information content (AvgIpc) is 2.14. The minimum absolute atomic E-state index is 0.141. The zero-order chi connectivity index (χ0) is 11.0. The largest absolute Gasteiger partial charge is 0.469 e. The zero-order valence-electron chi connectivity index (χ0n) is 9.58. The van der Waals surface area contributed by atoms with E-state index in [1.165, 1.54) is 7.11 Å². The molecule has 14 heavy (non-hydrogen) atoms. The Hall–Kier alpha value is -0.610. The number of rotatable bonds is 7. The first-order valence-electron chi connectivity index (χ1n) is 4.84. The molecule has 0 aliphatic heterocycles. The number of methoxy groups -OCH3 is 2. The molecule has 0 amide bonds. The lowest BCUT2D eigenvalue weighted by atomic mass is 10.1. The predicted octanol–water partition coefficient (Wildman–Crippen LogP) is 0.764. The molecule has 0 heterocycles. The van der Waals surface area contributed by atoms with E-state index in [1.807, 2.05) is 14.0 Å². The van der Waals surface area contributed by atoms with Gasteiger partial charge in [0.05, 0.1) is 13.7 Å². The van der Waals surface area contributed by atoms with Crippen LogP contribution in [0.4, 0.5) is 0 Å². The van der Waals surface area contributed by atoms with Crippen molar-refractivity contribution in [3.63, 3.8) is 0 Å². The first kappa shape index (κ1) is 13.4. The van der Waals surface area contributed by atoms with Crippen molar-refractivity contribution in [3.8, 4) is 0 Å². The monoisotopic (exact) mass is 203 g/mol. The number of esters is 1. The van der Waals surface area contributed by atoms with Gasteiger partial charge < -0.3 is 14.4 Å². The van der Waals surface area contributed by atoms with Crippen molar-refractivity contribution in [2.24, 2.45) is 5.92 Å². The third-order valence-corrected chi connectivity index (χ3v) is 2.04. The Bertz CT molecular complexity index is 161. The van der Waals surface area contributed by atoms with E-state index >= 15 is 0 Å². The Kier molecular flexibility index (Phi) is 7.42. The normalized spacial score (nSPS) is 12.9. The molecule has 0 aromatic heterocycles. The van der Waals surface area contributed by atoms with Crippen LogP contribution >= 0.6 is 0 Å². The van der Waals surface area contributed by atoms with Crippen LogP contribution in [0.15, 0.2) is 0 Å². The molecule has 0 N–H and O–H groups in total. The first-order valence-corrected chi connectivity index (χ1v) is 4.84. The van der Waals surface area contributed by atoms with E-state index in [-0.39, 0.29) is 5.97 Å². The topological polar surface area (TPSA) is 38.8 Å². The fraction of sp³-hybridized carbons (Fsp3) is 0.900. The van der Waals surface area contributed by atoms with E-state index < -0.39 is 0 Å². The lowest BCUT2D eigenvalue weighted by Crippen LogP contribution is -2.28. The standard InChI is InChI=1S/C10H21NO3/c1-9(7-10(12)14-4)8-11(2)5-6-13-3/h9H,5-8H2,1-4H3/t9-/m1/s1. The number of hydrogen-bond donors (Lipinski definition) is 0. The first-order chi connectivity index (χ1) is 6.60. The van der Waals surface area contributed by atoms with E-state index in [9.17, 15) is 4.79 Å². The van der Waals surface area contributed by atoms with Crippen LogP contribution in [0.3, 0.4) is 0 Å². The summed E-state index contributed by atoms with van der Waals surface area (Å²) in [5.74, 6) is 0.182. The molecule has 0 saturated carbocycles. The minimum Gasteiger partial charge on any atom is -0.469 e. The van der Waals surface area contributed by atoms with Gasteiger partial charge in [0.25, 0.3) is 0 Å². The highest BCUT2D eigenvalue weighted by Crippen LogP contribution is 2.04. The van der Waals surface area contributed by atoms with Crippen molar-refractivity contribution in [2.75, 3.05) is 41.0 Å². The summed E-state index contributed by atoms with van der Waals surface area (Å²) >= 11 is 0. The molecule has 0 bridgehead atoms. The molecule has 0 saturated heterocycles. The van der Waals surface area contributed by atoms with Gasteiger partial charge in [-0.2, -0.15) is 0 Å². The second kappa shape index (κ2) is 7.76. The van der Waals surface area contributed by atoms with E-state index in [1.54, 1.807) is 7.11 Å². The van der Waals surface area contributed by atoms with Gasteiger partial charge >= 0.3 is 5.97 Å². The Morgan fingerprint density at radius 2 is 2.07 bits per heavy atom. The minimum atomic E-state index is -0.141. The highest BCUT2D eigenvalue weighted by molar-refractivity contribution is 5.69. The van der Waals surface area contributed by atoms with E-state index in [4.69, 9.17) is 4.74 Å². The second-order valence-corrected chi connectivity index (χ2v) is 3.64. The van der Waals surface area contributed by atoms with Crippen LogP contribution in [-0.4, -0.2) is 51.8 Å². The van der Waals surface area contributed by atoms with Gasteiger partial charge in [-0.05, 0) is 13.0 Å². The summed E-state index contributed by atoms with van der Waals surface area (Å²) in [5.41, 5.74) is 0. The third kappa shape index (κ3) is 6.86. The number of hydrogen-bond acceptors (Lipinski definition) is 4. The molecule has 84 valence electrons. The maximum absolute atomic E-state index is 11.0. The van der Waals surface area contributed by atoms with Gasteiger partial charge in [0, 0.05) is 26.6 Å². The third-order valence-electron chi connectivity index (χ3n) is 2.04. The summed E-state index contributed by atoms with van der Waals surface area (Å²) in [7, 11) is 5.13. The maximum atomic E-state index is 11.0. The Morgan fingerprint density at radius 1 is 1.43 bits per heavy atom. The molecule has 1 atom stereocenters. The number of nitrogens with zero attached hydrogens (tertiary/aromatic N) is 1. The summed E-state index contributed by atoms with van der Waals surface area (Å²) in [6, 6.07) is 0. The van der Waals surface area contributed by atoms with Gasteiger partial charge in [0.2, 0.25) is 0 Å². The summed E-state index contributed by atoms with van der Waals surface area (Å²) < 4.78 is 9.56. The molecule has 0 aromatic carbocycles. The smallest absolute Gasteiger partial charge is 0.305 e. The molecule has 0 aromatic rings. The fourth-order valence-corrected chi connectivity index (χ4v) is 1.30. The lowest BCUT2D eigenvalue weighted by molar-refractivity contribution is -0.141. The number of carbonyl (C=O) groups excluding carboxylic acids is 1. The lowest BCUT2D eigenvalue weighted by Gasteiger charge is -2.19. The van der Waals surface area contributed by atoms with Gasteiger partial charge in [-0.1, -0.05) is 6.92 Å². The highest BCUT2D eigenvalue weighted by Gasteiger charge is 2.11. The predicted molar refractivity (Wildman–Crippen MR) is 55.2 cm³/mol. The Labute approximate surface area is 86.2 Å². The van der Waals surface area contributed by atoms with Crippen LogP contribution in [0.1, 0.15) is 13.3 Å².